The third-order valence-electron chi connectivity index (χ3n) is 4.11. The number of rotatable bonds is 3. The Bertz CT molecular complexity index is 1010. The molecule has 1 amide bonds. The molecule has 1 aromatic carbocycles. The normalized spacial score (nSPS) is 14.4. The predicted molar refractivity (Wildman–Crippen MR) is 83.8 cm³/mol. The van der Waals surface area contributed by atoms with E-state index in [1.54, 1.807) is 0 Å². The molecular weight excluding hydrogens is 374 g/mol. The maximum atomic E-state index is 13.0. The van der Waals surface area contributed by atoms with E-state index in [0.717, 1.165) is 0 Å². The largest absolute Gasteiger partial charge is 0.501 e. The highest BCUT2D eigenvalue weighted by Crippen LogP contribution is 2.21. The third kappa shape index (κ3) is 3.57. The summed E-state index contributed by atoms with van der Waals surface area (Å²) in [5, 5.41) is 9.98. The van der Waals surface area contributed by atoms with Crippen molar-refractivity contribution in [1.29, 1.82) is 0 Å². The van der Waals surface area contributed by atoms with Gasteiger partial charge in [-0.25, -0.2) is 13.8 Å². The van der Waals surface area contributed by atoms with Gasteiger partial charge in [-0.05, 0) is 17.7 Å². The molecule has 11 heteroatoms. The first kappa shape index (κ1) is 18.7. The second-order valence-electron chi connectivity index (χ2n) is 5.99. The Balaban J connectivity index is 1.99. The molecule has 0 spiro atoms. The SMILES string of the molecule is O=C1c2c(O)c(=O)n(CC(F)(F)F)c(=O)n2CCN1Cc1ccc(F)cc1. The van der Waals surface area contributed by atoms with Crippen molar-refractivity contribution in [1.82, 2.24) is 14.0 Å². The summed E-state index contributed by atoms with van der Waals surface area (Å²) in [5.74, 6) is -2.56. The molecule has 2 heterocycles. The van der Waals surface area contributed by atoms with Crippen LogP contribution in [0.3, 0.4) is 0 Å². The molecule has 1 N–H and O–H groups in total. The Hall–Kier alpha value is -3.11. The molecule has 0 atom stereocenters. The number of alkyl halides is 3. The summed E-state index contributed by atoms with van der Waals surface area (Å²) in [4.78, 5) is 38.0. The number of halogens is 4. The van der Waals surface area contributed by atoms with Crippen LogP contribution in [0.4, 0.5) is 17.6 Å². The number of hydrogen-bond acceptors (Lipinski definition) is 4. The molecule has 0 saturated carbocycles. The number of carbonyl (C=O) groups excluding carboxylic acids is 1. The molecule has 3 rings (SSSR count). The van der Waals surface area contributed by atoms with E-state index in [4.69, 9.17) is 0 Å². The van der Waals surface area contributed by atoms with Gasteiger partial charge in [0.1, 0.15) is 12.4 Å². The summed E-state index contributed by atoms with van der Waals surface area (Å²) >= 11 is 0. The van der Waals surface area contributed by atoms with Gasteiger partial charge in [0.2, 0.25) is 5.75 Å². The first-order valence-corrected chi connectivity index (χ1v) is 7.75. The molecule has 1 aliphatic rings. The van der Waals surface area contributed by atoms with Crippen molar-refractivity contribution in [3.05, 3.63) is 62.2 Å². The molecule has 7 nitrogen and oxygen atoms in total. The fourth-order valence-electron chi connectivity index (χ4n) is 2.86. The van der Waals surface area contributed by atoms with Gasteiger partial charge in [0.05, 0.1) is 0 Å². The number of hydrogen-bond donors (Lipinski definition) is 1. The zero-order valence-corrected chi connectivity index (χ0v) is 13.7. The fourth-order valence-corrected chi connectivity index (χ4v) is 2.86. The lowest BCUT2D eigenvalue weighted by Gasteiger charge is -2.30. The van der Waals surface area contributed by atoms with Gasteiger partial charge in [-0.15, -0.1) is 0 Å². The van der Waals surface area contributed by atoms with Crippen molar-refractivity contribution < 1.29 is 27.5 Å². The molecule has 0 aliphatic carbocycles. The van der Waals surface area contributed by atoms with Gasteiger partial charge in [-0.2, -0.15) is 13.2 Å². The summed E-state index contributed by atoms with van der Waals surface area (Å²) in [6.45, 7) is -2.09. The summed E-state index contributed by atoms with van der Waals surface area (Å²) in [7, 11) is 0. The number of nitrogens with zero attached hydrogens (tertiary/aromatic N) is 3. The number of benzene rings is 1. The Morgan fingerprint density at radius 1 is 1.04 bits per heavy atom. The van der Waals surface area contributed by atoms with Crippen LogP contribution < -0.4 is 11.2 Å². The molecule has 1 aromatic heterocycles. The lowest BCUT2D eigenvalue weighted by Crippen LogP contribution is -2.50. The standard InChI is InChI=1S/C16H13F4N3O4/c17-10-3-1-9(2-4-10)7-21-5-6-22-11(13(21)25)12(24)14(26)23(15(22)27)8-16(18,19)20/h1-4,24H,5-8H2. The van der Waals surface area contributed by atoms with Crippen molar-refractivity contribution in [3.63, 3.8) is 0 Å². The Labute approximate surface area is 148 Å². The summed E-state index contributed by atoms with van der Waals surface area (Å²) in [6.07, 6.45) is -4.85. The van der Waals surface area contributed by atoms with Crippen LogP contribution >= 0.6 is 0 Å². The third-order valence-corrected chi connectivity index (χ3v) is 4.11. The molecule has 1 aliphatic heterocycles. The van der Waals surface area contributed by atoms with Gasteiger partial charge < -0.3 is 10.0 Å². The molecule has 144 valence electrons. The van der Waals surface area contributed by atoms with E-state index in [2.05, 4.69) is 0 Å². The van der Waals surface area contributed by atoms with E-state index < -0.39 is 47.1 Å². The smallest absolute Gasteiger partial charge is 0.406 e. The van der Waals surface area contributed by atoms with Gasteiger partial charge in [0.15, 0.2) is 5.69 Å². The lowest BCUT2D eigenvalue weighted by molar-refractivity contribution is -0.142. The van der Waals surface area contributed by atoms with E-state index in [9.17, 15) is 37.1 Å². The first-order chi connectivity index (χ1) is 12.6. The molecule has 0 unspecified atom stereocenters. The number of aromatic hydroxyl groups is 1. The maximum absolute atomic E-state index is 13.0. The molecule has 0 radical (unpaired) electrons. The van der Waals surface area contributed by atoms with Gasteiger partial charge in [-0.1, -0.05) is 12.1 Å². The lowest BCUT2D eigenvalue weighted by atomic mass is 10.1. The predicted octanol–water partition coefficient (Wildman–Crippen LogP) is 1.07. The number of aromatic nitrogens is 2. The van der Waals surface area contributed by atoms with Gasteiger partial charge in [0.25, 0.3) is 11.5 Å². The average Bonchev–Trinajstić information content (AvgIpc) is 2.59. The van der Waals surface area contributed by atoms with Gasteiger partial charge >= 0.3 is 11.9 Å². The molecule has 0 saturated heterocycles. The summed E-state index contributed by atoms with van der Waals surface area (Å²) < 4.78 is 51.2. The van der Waals surface area contributed by atoms with Crippen molar-refractivity contribution >= 4 is 5.91 Å². The van der Waals surface area contributed by atoms with Crippen LogP contribution in [0.15, 0.2) is 33.9 Å². The zero-order chi connectivity index (χ0) is 19.9. The number of carbonyl (C=O) groups is 1. The Morgan fingerprint density at radius 2 is 1.67 bits per heavy atom. The minimum atomic E-state index is -4.85. The van der Waals surface area contributed by atoms with E-state index in [-0.39, 0.29) is 24.2 Å². The minimum Gasteiger partial charge on any atom is -0.501 e. The maximum Gasteiger partial charge on any atom is 0.406 e. The van der Waals surface area contributed by atoms with E-state index in [1.165, 1.54) is 29.2 Å². The average molecular weight is 387 g/mol. The Kier molecular flexibility index (Phi) is 4.54. The molecule has 0 fully saturated rings. The summed E-state index contributed by atoms with van der Waals surface area (Å²) in [5.41, 5.74) is -3.00. The quantitative estimate of drug-likeness (QED) is 0.799. The van der Waals surface area contributed by atoms with Gasteiger partial charge in [0, 0.05) is 19.6 Å². The van der Waals surface area contributed by atoms with Crippen LogP contribution in [0.1, 0.15) is 16.1 Å². The minimum absolute atomic E-state index is 0.0123. The molecular formula is C16H13F4N3O4. The van der Waals surface area contributed by atoms with Crippen LogP contribution in [0.2, 0.25) is 0 Å². The highest BCUT2D eigenvalue weighted by atomic mass is 19.4. The van der Waals surface area contributed by atoms with Crippen molar-refractivity contribution in [2.45, 2.75) is 25.8 Å². The topological polar surface area (TPSA) is 84.5 Å². The molecule has 27 heavy (non-hydrogen) atoms. The monoisotopic (exact) mass is 387 g/mol. The second kappa shape index (κ2) is 6.56. The molecule has 0 bridgehead atoms. The zero-order valence-electron chi connectivity index (χ0n) is 13.7. The highest BCUT2D eigenvalue weighted by Gasteiger charge is 2.35. The van der Waals surface area contributed by atoms with Crippen molar-refractivity contribution in [3.8, 4) is 5.75 Å². The fraction of sp³-hybridized carbons (Fsp3) is 0.312. The van der Waals surface area contributed by atoms with Crippen LogP contribution in [0.25, 0.3) is 0 Å². The highest BCUT2D eigenvalue weighted by molar-refractivity contribution is 5.95. The number of amides is 1. The molecule has 2 aromatic rings. The van der Waals surface area contributed by atoms with E-state index in [0.29, 0.717) is 10.1 Å². The second-order valence-corrected chi connectivity index (χ2v) is 5.99. The Morgan fingerprint density at radius 3 is 2.26 bits per heavy atom. The van der Waals surface area contributed by atoms with E-state index in [1.807, 2.05) is 0 Å². The van der Waals surface area contributed by atoms with Gasteiger partial charge in [-0.3, -0.25) is 14.2 Å². The number of fused-ring (bicyclic) bond motifs is 1. The van der Waals surface area contributed by atoms with Crippen LogP contribution in [-0.2, 0) is 19.6 Å². The van der Waals surface area contributed by atoms with Crippen molar-refractivity contribution in [2.75, 3.05) is 6.54 Å². The summed E-state index contributed by atoms with van der Waals surface area (Å²) in [6, 6.07) is 5.25. The van der Waals surface area contributed by atoms with Crippen LogP contribution in [0.5, 0.6) is 5.75 Å². The first-order valence-electron chi connectivity index (χ1n) is 7.75. The van der Waals surface area contributed by atoms with Crippen LogP contribution in [0, 0.1) is 5.82 Å². The van der Waals surface area contributed by atoms with E-state index >= 15 is 0 Å². The van der Waals surface area contributed by atoms with Crippen LogP contribution in [-0.4, -0.2) is 37.8 Å². The van der Waals surface area contributed by atoms with Crippen molar-refractivity contribution in [2.24, 2.45) is 0 Å².